The van der Waals surface area contributed by atoms with Gasteiger partial charge in [-0.3, -0.25) is 0 Å². The van der Waals surface area contributed by atoms with Crippen molar-refractivity contribution in [1.29, 1.82) is 0 Å². The summed E-state index contributed by atoms with van der Waals surface area (Å²) < 4.78 is 22.3. The summed E-state index contributed by atoms with van der Waals surface area (Å²) in [6.07, 6.45) is -3.49. The van der Waals surface area contributed by atoms with Gasteiger partial charge in [0.1, 0.15) is 35.9 Å². The number of allylic oxidation sites excluding steroid dienone is 2. The van der Waals surface area contributed by atoms with Gasteiger partial charge < -0.3 is 39.4 Å². The van der Waals surface area contributed by atoms with Gasteiger partial charge in [-0.1, -0.05) is 11.6 Å². The van der Waals surface area contributed by atoms with Crippen LogP contribution in [-0.4, -0.2) is 69.3 Å². The lowest BCUT2D eigenvalue weighted by molar-refractivity contribution is -0.242. The Balaban J connectivity index is 1.54. The summed E-state index contributed by atoms with van der Waals surface area (Å²) in [6, 6.07) is 4.24. The number of hydrogen-bond acceptors (Lipinski definition) is 9. The van der Waals surface area contributed by atoms with Crippen LogP contribution >= 0.6 is 0 Å². The molecule has 9 heteroatoms. The fourth-order valence-corrected chi connectivity index (χ4v) is 3.92. The van der Waals surface area contributed by atoms with Gasteiger partial charge in [0.2, 0.25) is 6.29 Å². The zero-order valence-electron chi connectivity index (χ0n) is 16.7. The maximum absolute atomic E-state index is 12.5. The molecule has 7 atom stereocenters. The van der Waals surface area contributed by atoms with Crippen molar-refractivity contribution >= 4 is 5.97 Å². The largest absolute Gasteiger partial charge is 0.508 e. The van der Waals surface area contributed by atoms with E-state index in [4.69, 9.17) is 18.9 Å². The zero-order valence-corrected chi connectivity index (χ0v) is 16.7. The monoisotopic (exact) mass is 422 g/mol. The number of benzene rings is 1. The number of esters is 1. The molecule has 1 aromatic rings. The van der Waals surface area contributed by atoms with Gasteiger partial charge in [-0.05, 0) is 44.9 Å². The Morgan fingerprint density at radius 3 is 2.73 bits per heavy atom. The molecule has 1 aromatic carbocycles. The number of ether oxygens (including phenoxy) is 4. The molecule has 3 saturated heterocycles. The summed E-state index contributed by atoms with van der Waals surface area (Å²) in [6.45, 7) is 3.74. The Morgan fingerprint density at radius 2 is 2.03 bits per heavy atom. The molecule has 0 radical (unpaired) electrons. The van der Waals surface area contributed by atoms with Crippen molar-refractivity contribution in [3.63, 3.8) is 0 Å². The minimum Gasteiger partial charge on any atom is -0.508 e. The summed E-state index contributed by atoms with van der Waals surface area (Å²) >= 11 is 0. The number of aromatic hydroxyl groups is 1. The van der Waals surface area contributed by atoms with Crippen molar-refractivity contribution in [2.75, 3.05) is 6.61 Å². The molecule has 0 amide bonds. The van der Waals surface area contributed by atoms with Crippen molar-refractivity contribution in [1.82, 2.24) is 0 Å². The molecule has 4 N–H and O–H groups in total. The van der Waals surface area contributed by atoms with Crippen LogP contribution in [-0.2, 0) is 19.0 Å². The Hall–Kier alpha value is -2.17. The second-order valence-corrected chi connectivity index (χ2v) is 8.16. The molecule has 0 aromatic heterocycles. The second-order valence-electron chi connectivity index (χ2n) is 8.16. The number of phenols is 1. The quantitative estimate of drug-likeness (QED) is 0.296. The maximum Gasteiger partial charge on any atom is 0.342 e. The van der Waals surface area contributed by atoms with Crippen LogP contribution < -0.4 is 4.74 Å². The van der Waals surface area contributed by atoms with Gasteiger partial charge in [-0.15, -0.1) is 0 Å². The van der Waals surface area contributed by atoms with Gasteiger partial charge in [0.25, 0.3) is 0 Å². The van der Waals surface area contributed by atoms with Crippen LogP contribution in [0.1, 0.15) is 38.4 Å². The van der Waals surface area contributed by atoms with E-state index in [1.807, 2.05) is 19.9 Å². The first kappa shape index (κ1) is 21.1. The maximum atomic E-state index is 12.5. The van der Waals surface area contributed by atoms with E-state index in [2.05, 4.69) is 0 Å². The molecule has 0 saturated carbocycles. The molecular weight excluding hydrogens is 396 g/mol. The summed E-state index contributed by atoms with van der Waals surface area (Å²) in [5.41, 5.74) is 0.514. The molecule has 9 nitrogen and oxygen atoms in total. The molecule has 3 aliphatic rings. The van der Waals surface area contributed by atoms with Crippen LogP contribution in [0.2, 0.25) is 0 Å². The SMILES string of the molecule is CC(C)=CCCC12OC1C(c1cc(O)ccc1O[C@@H]1OC[C@@H](O)[C@H](O)[C@H]1O)OC2=O. The molecule has 4 rings (SSSR count). The standard InChI is InChI=1S/C21H26O9/c1-10(2)4-3-7-21-18(30-21)17(29-20(21)26)12-8-11(22)5-6-14(12)28-19-16(25)15(24)13(23)9-27-19/h4-6,8,13,15-19,22-25H,3,7,9H2,1-2H3/t13-,15+,16-,17?,18?,19+,21?/m1/s1. The first-order chi connectivity index (χ1) is 14.2. The fraction of sp³-hybridized carbons (Fsp3) is 0.571. The van der Waals surface area contributed by atoms with E-state index in [0.29, 0.717) is 18.4 Å². The van der Waals surface area contributed by atoms with Crippen LogP contribution in [0.3, 0.4) is 0 Å². The summed E-state index contributed by atoms with van der Waals surface area (Å²) in [5, 5.41) is 39.6. The molecule has 0 aliphatic carbocycles. The van der Waals surface area contributed by atoms with Gasteiger partial charge in [0.15, 0.2) is 11.7 Å². The van der Waals surface area contributed by atoms with Crippen LogP contribution in [0.4, 0.5) is 0 Å². The van der Waals surface area contributed by atoms with Gasteiger partial charge in [0.05, 0.1) is 6.61 Å². The van der Waals surface area contributed by atoms with Crippen molar-refractivity contribution in [3.05, 3.63) is 35.4 Å². The Morgan fingerprint density at radius 1 is 1.27 bits per heavy atom. The molecule has 0 spiro atoms. The zero-order chi connectivity index (χ0) is 21.6. The topological polar surface area (TPSA) is 138 Å². The predicted octanol–water partition coefficient (Wildman–Crippen LogP) is 0.692. The van der Waals surface area contributed by atoms with Crippen LogP contribution in [0, 0.1) is 0 Å². The highest BCUT2D eigenvalue weighted by atomic mass is 16.7. The van der Waals surface area contributed by atoms with E-state index in [1.54, 1.807) is 0 Å². The highest BCUT2D eigenvalue weighted by molar-refractivity contribution is 5.87. The molecule has 0 bridgehead atoms. The predicted molar refractivity (Wildman–Crippen MR) is 102 cm³/mol. The number of carbonyl (C=O) groups excluding carboxylic acids is 1. The van der Waals surface area contributed by atoms with E-state index in [0.717, 1.165) is 5.57 Å². The number of rotatable bonds is 6. The second kappa shape index (κ2) is 7.82. The van der Waals surface area contributed by atoms with E-state index >= 15 is 0 Å². The first-order valence-electron chi connectivity index (χ1n) is 9.90. The van der Waals surface area contributed by atoms with Crippen molar-refractivity contribution in [2.24, 2.45) is 0 Å². The highest BCUT2D eigenvalue weighted by Gasteiger charge is 2.73. The summed E-state index contributed by atoms with van der Waals surface area (Å²) in [4.78, 5) is 12.5. The number of phenolic OH excluding ortho intramolecular Hbond substituents is 1. The summed E-state index contributed by atoms with van der Waals surface area (Å²) in [7, 11) is 0. The Bertz CT molecular complexity index is 849. The molecule has 3 fully saturated rings. The molecule has 3 unspecified atom stereocenters. The number of aliphatic hydroxyl groups is 3. The first-order valence-corrected chi connectivity index (χ1v) is 9.90. The third-order valence-electron chi connectivity index (χ3n) is 5.66. The van der Waals surface area contributed by atoms with E-state index in [9.17, 15) is 25.2 Å². The number of aliphatic hydroxyl groups excluding tert-OH is 3. The van der Waals surface area contributed by atoms with E-state index in [-0.39, 0.29) is 18.1 Å². The minimum atomic E-state index is -1.48. The molecular formula is C21H26O9. The van der Waals surface area contributed by atoms with Crippen molar-refractivity contribution in [3.8, 4) is 11.5 Å². The van der Waals surface area contributed by atoms with Crippen LogP contribution in [0.5, 0.6) is 11.5 Å². The van der Waals surface area contributed by atoms with E-state index < -0.39 is 48.4 Å². The highest BCUT2D eigenvalue weighted by Crippen LogP contribution is 2.57. The number of epoxide rings is 1. The average molecular weight is 422 g/mol. The lowest BCUT2D eigenvalue weighted by Crippen LogP contribution is -2.54. The number of carbonyl (C=O) groups is 1. The third kappa shape index (κ3) is 3.67. The fourth-order valence-electron chi connectivity index (χ4n) is 3.92. The number of fused-ring (bicyclic) bond motifs is 1. The molecule has 30 heavy (non-hydrogen) atoms. The normalized spacial score (nSPS) is 37.3. The third-order valence-corrected chi connectivity index (χ3v) is 5.66. The Kier molecular flexibility index (Phi) is 5.50. The molecule has 164 valence electrons. The van der Waals surface area contributed by atoms with Gasteiger partial charge in [-0.25, -0.2) is 4.79 Å². The van der Waals surface area contributed by atoms with Gasteiger partial charge in [0, 0.05) is 5.56 Å². The van der Waals surface area contributed by atoms with Crippen LogP contribution in [0.25, 0.3) is 0 Å². The molecule has 3 heterocycles. The van der Waals surface area contributed by atoms with Gasteiger partial charge >= 0.3 is 5.97 Å². The average Bonchev–Trinajstić information content (AvgIpc) is 3.36. The van der Waals surface area contributed by atoms with Crippen LogP contribution in [0.15, 0.2) is 29.8 Å². The lowest BCUT2D eigenvalue weighted by atomic mass is 9.95. The summed E-state index contributed by atoms with van der Waals surface area (Å²) in [5.74, 6) is -0.313. The Labute approximate surface area is 173 Å². The number of cyclic esters (lactones) is 1. The lowest BCUT2D eigenvalue weighted by Gasteiger charge is -2.35. The van der Waals surface area contributed by atoms with E-state index in [1.165, 1.54) is 18.2 Å². The van der Waals surface area contributed by atoms with Gasteiger partial charge in [-0.2, -0.15) is 0 Å². The smallest absolute Gasteiger partial charge is 0.342 e. The van der Waals surface area contributed by atoms with Crippen molar-refractivity contribution in [2.45, 2.75) is 69.1 Å². The number of hydrogen-bond donors (Lipinski definition) is 4. The van der Waals surface area contributed by atoms with Crippen molar-refractivity contribution < 1.29 is 44.2 Å². The molecule has 3 aliphatic heterocycles. The minimum absolute atomic E-state index is 0.0586.